The lowest BCUT2D eigenvalue weighted by Crippen LogP contribution is -2.26. The van der Waals surface area contributed by atoms with Crippen LogP contribution in [0.4, 0.5) is 11.4 Å². The first-order valence-corrected chi connectivity index (χ1v) is 10.9. The quantitative estimate of drug-likeness (QED) is 0.606. The molecule has 0 aliphatic carbocycles. The number of anilines is 2. The molecule has 0 aromatic heterocycles. The second kappa shape index (κ2) is 10.3. The van der Waals surface area contributed by atoms with Gasteiger partial charge in [-0.25, -0.2) is 8.42 Å². The van der Waals surface area contributed by atoms with Gasteiger partial charge in [-0.1, -0.05) is 37.6 Å². The van der Waals surface area contributed by atoms with Gasteiger partial charge in [0.05, 0.1) is 12.3 Å². The molecule has 3 N–H and O–H groups in total. The van der Waals surface area contributed by atoms with Gasteiger partial charge in [0, 0.05) is 17.9 Å². The molecule has 0 spiro atoms. The molecule has 2 aromatic carbocycles. The largest absolute Gasteiger partial charge is 0.354 e. The van der Waals surface area contributed by atoms with Gasteiger partial charge >= 0.3 is 0 Å². The van der Waals surface area contributed by atoms with E-state index in [1.165, 1.54) is 5.56 Å². The molecule has 1 aliphatic heterocycles. The molecule has 0 atom stereocenters. The smallest absolute Gasteiger partial charge is 0.232 e. The molecule has 0 amide bonds. The summed E-state index contributed by atoms with van der Waals surface area (Å²) in [6, 6.07) is 15.8. The van der Waals surface area contributed by atoms with Gasteiger partial charge in [0.1, 0.15) is 0 Å². The first-order chi connectivity index (χ1) is 13.0. The molecule has 6 nitrogen and oxygen atoms in total. The maximum atomic E-state index is 12.0. The fourth-order valence-corrected chi connectivity index (χ4v) is 4.08. The Morgan fingerprint density at radius 1 is 1.00 bits per heavy atom. The topological polar surface area (TPSA) is 82.6 Å². The van der Waals surface area contributed by atoms with Crippen molar-refractivity contribution in [2.45, 2.75) is 26.2 Å². The normalized spacial score (nSPS) is 13.2. The van der Waals surface area contributed by atoms with E-state index in [1.54, 1.807) is 0 Å². The Bertz CT molecular complexity index is 881. The Labute approximate surface area is 173 Å². The number of rotatable bonds is 8. The minimum atomic E-state index is -3.26. The Balaban J connectivity index is 0.00000280. The lowest BCUT2D eigenvalue weighted by molar-refractivity contribution is 0.598. The van der Waals surface area contributed by atoms with Crippen LogP contribution < -0.4 is 15.4 Å². The number of hydrogen-bond acceptors (Lipinski definition) is 5. The summed E-state index contributed by atoms with van der Waals surface area (Å²) in [6.07, 6.45) is 2.32. The standard InChI is InChI=1S/C20H26N4O2S.ClH/c1-2-3-14-27(25,26)24-19-10-6-17(7-11-19)15-16-4-8-18(9-5-16)23-20-21-12-13-22-20;/h4-11,24H,2-3,12-15H2,1H3,(H2,21,22,23);1H. The van der Waals surface area contributed by atoms with Crippen molar-refractivity contribution in [2.24, 2.45) is 4.99 Å². The molecule has 8 heteroatoms. The molecule has 0 saturated heterocycles. The Morgan fingerprint density at radius 3 is 2.14 bits per heavy atom. The fraction of sp³-hybridized carbons (Fsp3) is 0.350. The third kappa shape index (κ3) is 6.73. The van der Waals surface area contributed by atoms with Gasteiger partial charge < -0.3 is 10.6 Å². The average molecular weight is 423 g/mol. The van der Waals surface area contributed by atoms with Crippen LogP contribution in [-0.4, -0.2) is 33.2 Å². The SMILES string of the molecule is CCCCS(=O)(=O)Nc1ccc(Cc2ccc(NC3=NCCN3)cc2)cc1.Cl. The highest BCUT2D eigenvalue weighted by molar-refractivity contribution is 7.92. The zero-order chi connectivity index (χ0) is 19.1. The van der Waals surface area contributed by atoms with E-state index >= 15 is 0 Å². The van der Waals surface area contributed by atoms with Crippen molar-refractivity contribution in [2.75, 3.05) is 28.9 Å². The molecule has 1 heterocycles. The molecule has 152 valence electrons. The van der Waals surface area contributed by atoms with Crippen LogP contribution in [0.3, 0.4) is 0 Å². The van der Waals surface area contributed by atoms with Gasteiger partial charge in [-0.2, -0.15) is 0 Å². The monoisotopic (exact) mass is 422 g/mol. The molecule has 0 bridgehead atoms. The summed E-state index contributed by atoms with van der Waals surface area (Å²) in [5, 5.41) is 6.43. The molecule has 0 radical (unpaired) electrons. The van der Waals surface area contributed by atoms with Crippen molar-refractivity contribution in [1.29, 1.82) is 0 Å². The average Bonchev–Trinajstić information content (AvgIpc) is 3.16. The van der Waals surface area contributed by atoms with Crippen molar-refractivity contribution in [3.05, 3.63) is 59.7 Å². The Hall–Kier alpha value is -2.25. The van der Waals surface area contributed by atoms with E-state index in [1.807, 2.05) is 43.3 Å². The van der Waals surface area contributed by atoms with E-state index in [-0.39, 0.29) is 18.2 Å². The highest BCUT2D eigenvalue weighted by Gasteiger charge is 2.09. The molecule has 28 heavy (non-hydrogen) atoms. The summed E-state index contributed by atoms with van der Waals surface area (Å²) < 4.78 is 26.6. The lowest BCUT2D eigenvalue weighted by atomic mass is 10.0. The number of sulfonamides is 1. The van der Waals surface area contributed by atoms with Gasteiger partial charge in [-0.05, 0) is 48.2 Å². The molecular formula is C20H27ClN4O2S. The third-order valence-corrected chi connectivity index (χ3v) is 5.67. The van der Waals surface area contributed by atoms with E-state index in [9.17, 15) is 8.42 Å². The highest BCUT2D eigenvalue weighted by Crippen LogP contribution is 2.17. The zero-order valence-electron chi connectivity index (χ0n) is 15.9. The van der Waals surface area contributed by atoms with Crippen LogP contribution >= 0.6 is 12.4 Å². The molecule has 0 saturated carbocycles. The summed E-state index contributed by atoms with van der Waals surface area (Å²) in [5.41, 5.74) is 3.94. The van der Waals surface area contributed by atoms with Crippen LogP contribution in [-0.2, 0) is 16.4 Å². The maximum Gasteiger partial charge on any atom is 0.232 e. The van der Waals surface area contributed by atoms with Crippen molar-refractivity contribution in [1.82, 2.24) is 5.32 Å². The summed E-state index contributed by atoms with van der Waals surface area (Å²) >= 11 is 0. The van der Waals surface area contributed by atoms with Crippen molar-refractivity contribution in [3.63, 3.8) is 0 Å². The molecule has 0 fully saturated rings. The van der Waals surface area contributed by atoms with Gasteiger partial charge in [0.15, 0.2) is 5.96 Å². The molecule has 2 aromatic rings. The van der Waals surface area contributed by atoms with E-state index in [0.29, 0.717) is 12.1 Å². The van der Waals surface area contributed by atoms with E-state index < -0.39 is 10.0 Å². The van der Waals surface area contributed by atoms with Crippen molar-refractivity contribution in [3.8, 4) is 0 Å². The number of unbranched alkanes of at least 4 members (excludes halogenated alkanes) is 1. The molecule has 1 aliphatic rings. The summed E-state index contributed by atoms with van der Waals surface area (Å²) in [6.45, 7) is 3.67. The molecule has 3 rings (SSSR count). The minimum Gasteiger partial charge on any atom is -0.354 e. The second-order valence-electron chi connectivity index (χ2n) is 6.63. The van der Waals surface area contributed by atoms with Crippen LogP contribution in [0.2, 0.25) is 0 Å². The van der Waals surface area contributed by atoms with Crippen LogP contribution in [0.25, 0.3) is 0 Å². The first kappa shape index (κ1) is 22.0. The number of aliphatic imine (C=N–C) groups is 1. The van der Waals surface area contributed by atoms with Crippen LogP contribution in [0.5, 0.6) is 0 Å². The molecular weight excluding hydrogens is 396 g/mol. The number of hydrogen-bond donors (Lipinski definition) is 3. The number of benzene rings is 2. The molecule has 0 unspecified atom stereocenters. The van der Waals surface area contributed by atoms with Gasteiger partial charge in [-0.15, -0.1) is 12.4 Å². The third-order valence-electron chi connectivity index (χ3n) is 4.29. The van der Waals surface area contributed by atoms with Crippen LogP contribution in [0, 0.1) is 0 Å². The van der Waals surface area contributed by atoms with Crippen molar-refractivity contribution >= 4 is 39.8 Å². The number of nitrogens with one attached hydrogen (secondary N) is 3. The Kier molecular flexibility index (Phi) is 8.14. The number of guanidine groups is 1. The zero-order valence-corrected chi connectivity index (χ0v) is 17.6. The summed E-state index contributed by atoms with van der Waals surface area (Å²) in [4.78, 5) is 4.32. The Morgan fingerprint density at radius 2 is 1.61 bits per heavy atom. The number of nitrogens with zero attached hydrogens (tertiary/aromatic N) is 1. The van der Waals surface area contributed by atoms with E-state index in [2.05, 4.69) is 32.5 Å². The highest BCUT2D eigenvalue weighted by atomic mass is 35.5. The van der Waals surface area contributed by atoms with E-state index in [0.717, 1.165) is 43.1 Å². The lowest BCUT2D eigenvalue weighted by Gasteiger charge is -2.09. The van der Waals surface area contributed by atoms with Crippen LogP contribution in [0.1, 0.15) is 30.9 Å². The van der Waals surface area contributed by atoms with Gasteiger partial charge in [0.25, 0.3) is 0 Å². The van der Waals surface area contributed by atoms with E-state index in [4.69, 9.17) is 0 Å². The number of halogens is 1. The van der Waals surface area contributed by atoms with Gasteiger partial charge in [-0.3, -0.25) is 9.71 Å². The minimum absolute atomic E-state index is 0. The predicted molar refractivity (Wildman–Crippen MR) is 119 cm³/mol. The van der Waals surface area contributed by atoms with Gasteiger partial charge in [0.2, 0.25) is 10.0 Å². The maximum absolute atomic E-state index is 12.0. The second-order valence-corrected chi connectivity index (χ2v) is 8.47. The van der Waals surface area contributed by atoms with Crippen molar-refractivity contribution < 1.29 is 8.42 Å². The first-order valence-electron chi connectivity index (χ1n) is 9.28. The summed E-state index contributed by atoms with van der Waals surface area (Å²) in [5.74, 6) is 0.979. The predicted octanol–water partition coefficient (Wildman–Crippen LogP) is 3.61. The van der Waals surface area contributed by atoms with Crippen LogP contribution in [0.15, 0.2) is 53.5 Å². The fourth-order valence-electron chi connectivity index (χ4n) is 2.82. The summed E-state index contributed by atoms with van der Waals surface area (Å²) in [7, 11) is -3.26.